The maximum Gasteiger partial charge on any atom is 0.202 e. The van der Waals surface area contributed by atoms with Gasteiger partial charge in [-0.15, -0.1) is 0 Å². The third kappa shape index (κ3) is 2.49. The van der Waals surface area contributed by atoms with Gasteiger partial charge in [0.2, 0.25) is 5.65 Å². The van der Waals surface area contributed by atoms with Gasteiger partial charge in [0.15, 0.2) is 0 Å². The summed E-state index contributed by atoms with van der Waals surface area (Å²) in [5.74, 6) is 0.938. The fourth-order valence-corrected chi connectivity index (χ4v) is 4.68. The van der Waals surface area contributed by atoms with Gasteiger partial charge in [0, 0.05) is 18.7 Å². The molecule has 1 spiro atoms. The number of rotatable bonds is 2. The predicted molar refractivity (Wildman–Crippen MR) is 99.9 cm³/mol. The van der Waals surface area contributed by atoms with Crippen molar-refractivity contribution in [3.05, 3.63) is 35.5 Å². The van der Waals surface area contributed by atoms with Gasteiger partial charge in [0.25, 0.3) is 0 Å². The highest BCUT2D eigenvalue weighted by Gasteiger charge is 2.40. The Labute approximate surface area is 151 Å². The minimum Gasteiger partial charge on any atom is -0.355 e. The number of benzene rings is 1. The molecule has 1 saturated heterocycles. The first-order valence-electron chi connectivity index (χ1n) is 8.95. The zero-order valence-electron chi connectivity index (χ0n) is 14.0. The van der Waals surface area contributed by atoms with Crippen LogP contribution >= 0.6 is 11.6 Å². The van der Waals surface area contributed by atoms with Crippen LogP contribution in [0.5, 0.6) is 0 Å². The van der Waals surface area contributed by atoms with Gasteiger partial charge in [-0.05, 0) is 30.7 Å². The molecule has 2 aliphatic rings. The molecule has 0 unspecified atom stereocenters. The second-order valence-electron chi connectivity index (χ2n) is 7.36. The molecule has 0 amide bonds. The maximum atomic E-state index is 6.32. The monoisotopic (exact) mass is 353 g/mol. The smallest absolute Gasteiger partial charge is 0.202 e. The number of H-pyrrole nitrogens is 1. The molecule has 0 atom stereocenters. The summed E-state index contributed by atoms with van der Waals surface area (Å²) in [7, 11) is 0. The van der Waals surface area contributed by atoms with E-state index in [1.165, 1.54) is 32.1 Å². The van der Waals surface area contributed by atoms with E-state index in [0.29, 0.717) is 16.1 Å². The number of hydrogen-bond donors (Lipinski definition) is 1. The van der Waals surface area contributed by atoms with Crippen molar-refractivity contribution in [2.24, 2.45) is 5.41 Å². The number of nitrogens with one attached hydrogen (secondary N) is 1. The molecule has 5 nitrogen and oxygen atoms in total. The third-order valence-corrected chi connectivity index (χ3v) is 6.15. The lowest BCUT2D eigenvalue weighted by Gasteiger charge is -2.23. The second kappa shape index (κ2) is 5.70. The Balaban J connectivity index is 1.49. The molecular formula is C19H20ClN5. The van der Waals surface area contributed by atoms with Gasteiger partial charge >= 0.3 is 0 Å². The van der Waals surface area contributed by atoms with E-state index in [2.05, 4.69) is 20.1 Å². The van der Waals surface area contributed by atoms with Crippen LogP contribution in [0.4, 0.5) is 5.82 Å². The molecule has 1 aliphatic carbocycles. The standard InChI is InChI=1S/C19H20ClN5/c20-14-6-2-1-5-13(14)16-17-18(24-23-16)22-15(11-21-17)25-10-9-19(12-25)7-3-4-8-19/h1-2,5-6,11H,3-4,7-10,12H2,(H,22,23,24). The SMILES string of the molecule is Clc1ccccc1-c1[nH]nc2nc(N3CCC4(CCCC4)C3)cnc12. The first-order chi connectivity index (χ1) is 12.2. The molecule has 1 N–H and O–H groups in total. The van der Waals surface area contributed by atoms with Gasteiger partial charge in [0.1, 0.15) is 11.3 Å². The van der Waals surface area contributed by atoms with Crippen LogP contribution in [0.25, 0.3) is 22.4 Å². The Morgan fingerprint density at radius 2 is 1.96 bits per heavy atom. The normalized spacial score (nSPS) is 19.3. The van der Waals surface area contributed by atoms with E-state index >= 15 is 0 Å². The van der Waals surface area contributed by atoms with Crippen LogP contribution < -0.4 is 4.90 Å². The Kier molecular flexibility index (Phi) is 3.45. The minimum atomic E-state index is 0.519. The minimum absolute atomic E-state index is 0.519. The Bertz CT molecular complexity index is 928. The van der Waals surface area contributed by atoms with Gasteiger partial charge < -0.3 is 4.90 Å². The van der Waals surface area contributed by atoms with Crippen molar-refractivity contribution in [1.82, 2.24) is 20.2 Å². The highest BCUT2D eigenvalue weighted by Crippen LogP contribution is 2.46. The molecule has 0 radical (unpaired) electrons. The zero-order valence-corrected chi connectivity index (χ0v) is 14.8. The van der Waals surface area contributed by atoms with Crippen molar-refractivity contribution in [1.29, 1.82) is 0 Å². The van der Waals surface area contributed by atoms with Crippen LogP contribution in [0.2, 0.25) is 5.02 Å². The van der Waals surface area contributed by atoms with Crippen LogP contribution in [0.1, 0.15) is 32.1 Å². The Morgan fingerprint density at radius 1 is 1.12 bits per heavy atom. The predicted octanol–water partition coefficient (Wildman–Crippen LogP) is 4.44. The van der Waals surface area contributed by atoms with Crippen LogP contribution in [-0.2, 0) is 0 Å². The zero-order chi connectivity index (χ0) is 16.9. The average molecular weight is 354 g/mol. The molecule has 1 aromatic carbocycles. The molecule has 6 heteroatoms. The summed E-state index contributed by atoms with van der Waals surface area (Å²) >= 11 is 6.32. The van der Waals surface area contributed by atoms with Gasteiger partial charge in [-0.25, -0.2) is 9.97 Å². The summed E-state index contributed by atoms with van der Waals surface area (Å²) in [6, 6.07) is 7.72. The molecule has 2 aromatic heterocycles. The van der Waals surface area contributed by atoms with E-state index in [1.807, 2.05) is 30.5 Å². The quantitative estimate of drug-likeness (QED) is 0.739. The van der Waals surface area contributed by atoms with Gasteiger partial charge in [-0.2, -0.15) is 5.10 Å². The summed E-state index contributed by atoms with van der Waals surface area (Å²) < 4.78 is 0. The fraction of sp³-hybridized carbons (Fsp3) is 0.421. The number of anilines is 1. The van der Waals surface area contributed by atoms with Gasteiger partial charge in [-0.3, -0.25) is 5.10 Å². The maximum absolute atomic E-state index is 6.32. The summed E-state index contributed by atoms with van der Waals surface area (Å²) in [4.78, 5) is 11.8. The summed E-state index contributed by atoms with van der Waals surface area (Å²) in [5, 5.41) is 8.11. The number of hydrogen-bond acceptors (Lipinski definition) is 4. The van der Waals surface area contributed by atoms with E-state index in [4.69, 9.17) is 16.6 Å². The number of aromatic amines is 1. The van der Waals surface area contributed by atoms with Crippen LogP contribution in [0, 0.1) is 5.41 Å². The molecule has 25 heavy (non-hydrogen) atoms. The molecule has 0 bridgehead atoms. The lowest BCUT2D eigenvalue weighted by Crippen LogP contribution is -2.25. The summed E-state index contributed by atoms with van der Waals surface area (Å²) in [6.07, 6.45) is 8.62. The first-order valence-corrected chi connectivity index (χ1v) is 9.33. The van der Waals surface area contributed by atoms with Crippen molar-refractivity contribution < 1.29 is 0 Å². The van der Waals surface area contributed by atoms with Crippen LogP contribution in [0.15, 0.2) is 30.5 Å². The molecule has 5 rings (SSSR count). The van der Waals surface area contributed by atoms with Crippen molar-refractivity contribution >= 4 is 28.6 Å². The number of nitrogens with zero attached hydrogens (tertiary/aromatic N) is 4. The number of halogens is 1. The number of aromatic nitrogens is 4. The number of fused-ring (bicyclic) bond motifs is 1. The molecule has 128 valence electrons. The van der Waals surface area contributed by atoms with E-state index in [-0.39, 0.29) is 0 Å². The largest absolute Gasteiger partial charge is 0.355 e. The van der Waals surface area contributed by atoms with E-state index in [1.54, 1.807) is 0 Å². The lowest BCUT2D eigenvalue weighted by atomic mass is 9.86. The highest BCUT2D eigenvalue weighted by molar-refractivity contribution is 6.33. The third-order valence-electron chi connectivity index (χ3n) is 5.82. The Morgan fingerprint density at radius 3 is 2.80 bits per heavy atom. The second-order valence-corrected chi connectivity index (χ2v) is 7.76. The average Bonchev–Trinajstić information content (AvgIpc) is 3.36. The van der Waals surface area contributed by atoms with Crippen molar-refractivity contribution in [3.63, 3.8) is 0 Å². The molecule has 1 saturated carbocycles. The van der Waals surface area contributed by atoms with Gasteiger partial charge in [0.05, 0.1) is 16.9 Å². The topological polar surface area (TPSA) is 57.7 Å². The van der Waals surface area contributed by atoms with E-state index in [9.17, 15) is 0 Å². The first kappa shape index (κ1) is 15.1. The fourth-order valence-electron chi connectivity index (χ4n) is 4.45. The summed E-state index contributed by atoms with van der Waals surface area (Å²) in [6.45, 7) is 2.18. The molecule has 1 aliphatic heterocycles. The van der Waals surface area contributed by atoms with E-state index < -0.39 is 0 Å². The highest BCUT2D eigenvalue weighted by atomic mass is 35.5. The molecule has 3 aromatic rings. The van der Waals surface area contributed by atoms with Gasteiger partial charge in [-0.1, -0.05) is 42.6 Å². The summed E-state index contributed by atoms with van der Waals surface area (Å²) in [5.41, 5.74) is 3.67. The van der Waals surface area contributed by atoms with Crippen LogP contribution in [-0.4, -0.2) is 33.3 Å². The molecular weight excluding hydrogens is 334 g/mol. The van der Waals surface area contributed by atoms with Crippen molar-refractivity contribution in [3.8, 4) is 11.3 Å². The lowest BCUT2D eigenvalue weighted by molar-refractivity contribution is 0.340. The van der Waals surface area contributed by atoms with Crippen LogP contribution in [0.3, 0.4) is 0 Å². The van der Waals surface area contributed by atoms with E-state index in [0.717, 1.165) is 35.7 Å². The molecule has 3 heterocycles. The van der Waals surface area contributed by atoms with Crippen molar-refractivity contribution in [2.45, 2.75) is 32.1 Å². The Hall–Kier alpha value is -2.14. The molecule has 2 fully saturated rings. The van der Waals surface area contributed by atoms with Crippen molar-refractivity contribution in [2.75, 3.05) is 18.0 Å².